The first-order valence-corrected chi connectivity index (χ1v) is 14.1. The zero-order valence-electron chi connectivity index (χ0n) is 20.5. The summed E-state index contributed by atoms with van der Waals surface area (Å²) in [4.78, 5) is 17.6. The molecule has 8 heteroatoms. The topological polar surface area (TPSA) is 81.8 Å². The van der Waals surface area contributed by atoms with Gasteiger partial charge in [0, 0.05) is 29.4 Å². The number of fused-ring (bicyclic) bond motifs is 3. The maximum atomic E-state index is 13.2. The van der Waals surface area contributed by atoms with E-state index in [2.05, 4.69) is 53.7 Å². The van der Waals surface area contributed by atoms with Crippen LogP contribution in [0.3, 0.4) is 0 Å². The normalized spacial score (nSPS) is 28.9. The predicted molar refractivity (Wildman–Crippen MR) is 131 cm³/mol. The maximum absolute atomic E-state index is 13.2. The third kappa shape index (κ3) is 3.98. The van der Waals surface area contributed by atoms with Crippen LogP contribution in [0.2, 0.25) is 0 Å². The number of anilines is 1. The van der Waals surface area contributed by atoms with Crippen molar-refractivity contribution in [1.82, 2.24) is 14.5 Å². The van der Waals surface area contributed by atoms with Crippen molar-refractivity contribution in [3.8, 4) is 0 Å². The molecule has 1 aromatic rings. The van der Waals surface area contributed by atoms with E-state index in [4.69, 9.17) is 0 Å². The van der Waals surface area contributed by atoms with E-state index in [1.807, 2.05) is 0 Å². The zero-order chi connectivity index (χ0) is 23.6. The monoisotopic (exact) mass is 474 g/mol. The van der Waals surface area contributed by atoms with Crippen LogP contribution in [0.15, 0.2) is 6.07 Å². The van der Waals surface area contributed by atoms with E-state index in [0.717, 1.165) is 70.1 Å². The molecule has 0 bridgehead atoms. The van der Waals surface area contributed by atoms with E-state index in [0.29, 0.717) is 0 Å². The molecule has 0 unspecified atom stereocenters. The number of amides is 2. The van der Waals surface area contributed by atoms with Crippen molar-refractivity contribution in [2.24, 2.45) is 0 Å². The Morgan fingerprint density at radius 3 is 2.33 bits per heavy atom. The standard InChI is InChI=1S/C25H38N4O3S/c1-24(2)21(29-13-7-12-25(29,3)16-28(24)4)15-33(31,32)27-23(30)26-22-19-10-5-8-17(19)14-18-9-6-11-20(18)22/h14,21H,5-13,15-16H2,1-4H3,(H2,26,27,30)/t21-,25+/m1/s1. The van der Waals surface area contributed by atoms with Gasteiger partial charge in [-0.1, -0.05) is 6.07 Å². The first-order chi connectivity index (χ1) is 15.5. The molecule has 182 valence electrons. The minimum atomic E-state index is -3.82. The van der Waals surface area contributed by atoms with Crippen LogP contribution < -0.4 is 10.0 Å². The average molecular weight is 475 g/mol. The van der Waals surface area contributed by atoms with E-state index < -0.39 is 16.1 Å². The second-order valence-corrected chi connectivity index (χ2v) is 13.2. The molecule has 0 radical (unpaired) electrons. The Kier molecular flexibility index (Phi) is 5.57. The van der Waals surface area contributed by atoms with Crippen LogP contribution in [-0.4, -0.2) is 67.3 Å². The molecular weight excluding hydrogens is 436 g/mol. The smallest absolute Gasteiger partial charge is 0.307 e. The number of urea groups is 1. The van der Waals surface area contributed by atoms with Gasteiger partial charge in [-0.15, -0.1) is 0 Å². The number of likely N-dealkylation sites (N-methyl/N-ethyl adjacent to an activating group) is 1. The summed E-state index contributed by atoms with van der Waals surface area (Å²) in [6, 6.07) is 1.49. The number of piperazine rings is 1. The molecular formula is C25H38N4O3S. The molecule has 2 N–H and O–H groups in total. The molecule has 2 atom stereocenters. The minimum Gasteiger partial charge on any atom is -0.307 e. The Morgan fingerprint density at radius 1 is 1.06 bits per heavy atom. The molecule has 0 spiro atoms. The number of nitrogens with one attached hydrogen (secondary N) is 2. The summed E-state index contributed by atoms with van der Waals surface area (Å²) in [6.07, 6.45) is 8.29. The van der Waals surface area contributed by atoms with Gasteiger partial charge in [0.15, 0.2) is 0 Å². The molecule has 2 amide bonds. The average Bonchev–Trinajstić information content (AvgIpc) is 3.44. The molecule has 2 fully saturated rings. The largest absolute Gasteiger partial charge is 0.332 e. The summed E-state index contributed by atoms with van der Waals surface area (Å²) in [6.45, 7) is 8.29. The summed E-state index contributed by atoms with van der Waals surface area (Å²) in [5.41, 5.74) is 5.57. The van der Waals surface area contributed by atoms with Crippen LogP contribution in [0.5, 0.6) is 0 Å². The van der Waals surface area contributed by atoms with E-state index in [9.17, 15) is 13.2 Å². The quantitative estimate of drug-likeness (QED) is 0.701. The van der Waals surface area contributed by atoms with Crippen LogP contribution in [0.4, 0.5) is 10.5 Å². The van der Waals surface area contributed by atoms with Gasteiger partial charge in [-0.2, -0.15) is 0 Å². The molecule has 5 rings (SSSR count). The molecule has 33 heavy (non-hydrogen) atoms. The first-order valence-electron chi connectivity index (χ1n) is 12.5. The van der Waals surface area contributed by atoms with Gasteiger partial charge >= 0.3 is 6.03 Å². The van der Waals surface area contributed by atoms with Crippen LogP contribution in [-0.2, 0) is 35.7 Å². The van der Waals surface area contributed by atoms with E-state index >= 15 is 0 Å². The molecule has 0 aromatic heterocycles. The number of rotatable bonds is 4. The summed E-state index contributed by atoms with van der Waals surface area (Å²) >= 11 is 0. The number of carbonyl (C=O) groups is 1. The van der Waals surface area contributed by atoms with Gasteiger partial charge in [0.25, 0.3) is 0 Å². The fourth-order valence-corrected chi connectivity index (χ4v) is 8.31. The van der Waals surface area contributed by atoms with E-state index in [-0.39, 0.29) is 22.9 Å². The number of sulfonamides is 1. The lowest BCUT2D eigenvalue weighted by Gasteiger charge is -2.57. The Balaban J connectivity index is 1.34. The number of benzene rings is 1. The highest BCUT2D eigenvalue weighted by atomic mass is 32.2. The molecule has 7 nitrogen and oxygen atoms in total. The molecule has 2 saturated heterocycles. The van der Waals surface area contributed by atoms with Crippen LogP contribution in [0.1, 0.15) is 68.7 Å². The highest BCUT2D eigenvalue weighted by molar-refractivity contribution is 7.90. The highest BCUT2D eigenvalue weighted by Gasteiger charge is 2.53. The van der Waals surface area contributed by atoms with Crippen molar-refractivity contribution >= 4 is 21.7 Å². The fraction of sp³-hybridized carbons (Fsp3) is 0.720. The van der Waals surface area contributed by atoms with Gasteiger partial charge in [0.1, 0.15) is 0 Å². The van der Waals surface area contributed by atoms with Crippen molar-refractivity contribution in [1.29, 1.82) is 0 Å². The summed E-state index contributed by atoms with van der Waals surface area (Å²) in [7, 11) is -1.74. The van der Waals surface area contributed by atoms with E-state index in [1.54, 1.807) is 0 Å². The lowest BCUT2D eigenvalue weighted by molar-refractivity contribution is -0.0682. The first kappa shape index (κ1) is 23.1. The molecule has 4 aliphatic rings. The maximum Gasteiger partial charge on any atom is 0.332 e. The van der Waals surface area contributed by atoms with Gasteiger partial charge in [0.2, 0.25) is 10.0 Å². The van der Waals surface area contributed by atoms with Gasteiger partial charge in [-0.05, 0) is 108 Å². The second kappa shape index (κ2) is 7.95. The Morgan fingerprint density at radius 2 is 1.70 bits per heavy atom. The SMILES string of the molecule is CN1C[C@]2(C)CCCN2[C@H](CS(=O)(=O)NC(=O)Nc2c3c(cc4c2CCC4)CCC3)C1(C)C. The fourth-order valence-electron chi connectivity index (χ4n) is 6.89. The number of aryl methyl sites for hydroxylation is 2. The number of hydrogen-bond donors (Lipinski definition) is 2. The van der Waals surface area contributed by atoms with Crippen molar-refractivity contribution in [3.63, 3.8) is 0 Å². The van der Waals surface area contributed by atoms with Crippen LogP contribution >= 0.6 is 0 Å². The van der Waals surface area contributed by atoms with Gasteiger partial charge < -0.3 is 5.32 Å². The minimum absolute atomic E-state index is 0.0160. The molecule has 2 heterocycles. The molecule has 2 aliphatic heterocycles. The van der Waals surface area contributed by atoms with Crippen LogP contribution in [0, 0.1) is 0 Å². The van der Waals surface area contributed by atoms with Crippen molar-refractivity contribution in [2.45, 2.75) is 89.3 Å². The summed E-state index contributed by atoms with van der Waals surface area (Å²) in [5.74, 6) is -0.0850. The second-order valence-electron chi connectivity index (χ2n) is 11.4. The predicted octanol–water partition coefficient (Wildman–Crippen LogP) is 3.06. The summed E-state index contributed by atoms with van der Waals surface area (Å²) in [5, 5.41) is 2.97. The molecule has 2 aliphatic carbocycles. The van der Waals surface area contributed by atoms with Gasteiger partial charge in [-0.25, -0.2) is 17.9 Å². The highest BCUT2D eigenvalue weighted by Crippen LogP contribution is 2.42. The van der Waals surface area contributed by atoms with Crippen molar-refractivity contribution < 1.29 is 13.2 Å². The third-order valence-electron chi connectivity index (χ3n) is 8.90. The Bertz CT molecular complexity index is 1050. The number of hydrogen-bond acceptors (Lipinski definition) is 5. The number of carbonyl (C=O) groups excluding carboxylic acids is 1. The number of nitrogens with zero attached hydrogens (tertiary/aromatic N) is 2. The molecule has 0 saturated carbocycles. The van der Waals surface area contributed by atoms with E-state index in [1.165, 1.54) is 22.3 Å². The Labute approximate surface area is 198 Å². The lowest BCUT2D eigenvalue weighted by atomic mass is 9.83. The van der Waals surface area contributed by atoms with Crippen LogP contribution in [0.25, 0.3) is 0 Å². The lowest BCUT2D eigenvalue weighted by Crippen LogP contribution is -2.72. The van der Waals surface area contributed by atoms with Gasteiger partial charge in [0.05, 0.1) is 5.75 Å². The molecule has 1 aromatic carbocycles. The van der Waals surface area contributed by atoms with Gasteiger partial charge in [-0.3, -0.25) is 9.80 Å². The third-order valence-corrected chi connectivity index (χ3v) is 10.1. The van der Waals surface area contributed by atoms with Crippen molar-refractivity contribution in [2.75, 3.05) is 31.2 Å². The van der Waals surface area contributed by atoms with Crippen molar-refractivity contribution in [3.05, 3.63) is 28.3 Å². The Hall–Kier alpha value is -1.64. The summed E-state index contributed by atoms with van der Waals surface area (Å²) < 4.78 is 28.8. The zero-order valence-corrected chi connectivity index (χ0v) is 21.3.